The Bertz CT molecular complexity index is 856. The molecule has 2 aromatic rings. The van der Waals surface area contributed by atoms with E-state index >= 15 is 0 Å². The number of carbonyl (C=O) groups excluding carboxylic acids is 2. The summed E-state index contributed by atoms with van der Waals surface area (Å²) in [6.07, 6.45) is -0.904. The first-order valence-corrected chi connectivity index (χ1v) is 9.66. The smallest absolute Gasteiger partial charge is 0.408 e. The molecule has 0 aromatic heterocycles. The van der Waals surface area contributed by atoms with Crippen LogP contribution in [0.25, 0.3) is 0 Å². The quantitative estimate of drug-likeness (QED) is 0.597. The predicted octanol–water partition coefficient (Wildman–Crippen LogP) is 4.21. The van der Waals surface area contributed by atoms with Crippen LogP contribution in [0.1, 0.15) is 49.5 Å². The van der Waals surface area contributed by atoms with Crippen LogP contribution in [0, 0.1) is 0 Å². The number of carboxylic acid groups (broad SMARTS) is 1. The Morgan fingerprint density at radius 2 is 1.63 bits per heavy atom. The van der Waals surface area contributed by atoms with E-state index < -0.39 is 23.7 Å². The van der Waals surface area contributed by atoms with E-state index in [9.17, 15) is 19.5 Å². The van der Waals surface area contributed by atoms with Crippen molar-refractivity contribution in [3.63, 3.8) is 0 Å². The summed E-state index contributed by atoms with van der Waals surface area (Å²) in [5, 5.41) is 11.6. The highest BCUT2D eigenvalue weighted by Crippen LogP contribution is 2.16. The van der Waals surface area contributed by atoms with Gasteiger partial charge in [-0.25, -0.2) is 9.59 Å². The molecule has 2 rings (SSSR count). The molecule has 1 atom stereocenters. The summed E-state index contributed by atoms with van der Waals surface area (Å²) in [5.41, 5.74) is 0.742. The Morgan fingerprint density at radius 1 is 1.00 bits per heavy atom. The summed E-state index contributed by atoms with van der Waals surface area (Å²) in [4.78, 5) is 35.6. The van der Waals surface area contributed by atoms with Crippen LogP contribution in [0.5, 0.6) is 5.75 Å². The van der Waals surface area contributed by atoms with E-state index in [2.05, 4.69) is 5.32 Å². The fourth-order valence-corrected chi connectivity index (χ4v) is 2.60. The molecule has 160 valence electrons. The minimum atomic E-state index is -1.22. The highest BCUT2D eigenvalue weighted by atomic mass is 16.6. The van der Waals surface area contributed by atoms with Crippen molar-refractivity contribution in [2.75, 3.05) is 0 Å². The molecule has 0 spiro atoms. The number of amides is 1. The van der Waals surface area contributed by atoms with Crippen molar-refractivity contribution in [2.45, 2.75) is 51.9 Å². The second-order valence-electron chi connectivity index (χ2n) is 7.80. The molecule has 7 heteroatoms. The average Bonchev–Trinajstić information content (AvgIpc) is 2.69. The summed E-state index contributed by atoms with van der Waals surface area (Å²) in [6, 6.07) is 15.2. The zero-order chi connectivity index (χ0) is 22.1. The van der Waals surface area contributed by atoms with Gasteiger partial charge in [-0.2, -0.15) is 0 Å². The van der Waals surface area contributed by atoms with Crippen LogP contribution in [-0.2, 0) is 16.1 Å². The summed E-state index contributed by atoms with van der Waals surface area (Å²) in [5.74, 6) is -0.814. The lowest BCUT2D eigenvalue weighted by Gasteiger charge is -2.21. The lowest BCUT2D eigenvalue weighted by molar-refractivity contribution is -0.139. The monoisotopic (exact) mass is 413 g/mol. The van der Waals surface area contributed by atoms with E-state index in [-0.39, 0.29) is 18.6 Å². The van der Waals surface area contributed by atoms with Gasteiger partial charge in [0.05, 0.1) is 0 Å². The van der Waals surface area contributed by atoms with Crippen molar-refractivity contribution in [1.29, 1.82) is 0 Å². The largest absolute Gasteiger partial charge is 0.489 e. The Kier molecular flexibility index (Phi) is 7.98. The number of carbonyl (C=O) groups is 3. The first kappa shape index (κ1) is 22.9. The van der Waals surface area contributed by atoms with Crippen LogP contribution in [0.15, 0.2) is 54.6 Å². The Morgan fingerprint density at radius 3 is 2.20 bits per heavy atom. The predicted molar refractivity (Wildman–Crippen MR) is 112 cm³/mol. The Labute approximate surface area is 176 Å². The van der Waals surface area contributed by atoms with Crippen LogP contribution in [0.3, 0.4) is 0 Å². The highest BCUT2D eigenvalue weighted by molar-refractivity contribution is 5.96. The van der Waals surface area contributed by atoms with Gasteiger partial charge in [0.1, 0.15) is 24.0 Å². The molecular formula is C23H27NO6. The fraction of sp³-hybridized carbons (Fsp3) is 0.348. The molecule has 2 aromatic carbocycles. The van der Waals surface area contributed by atoms with Gasteiger partial charge in [0.2, 0.25) is 0 Å². The Balaban J connectivity index is 1.86. The summed E-state index contributed by atoms with van der Waals surface area (Å²) < 4.78 is 10.8. The maximum absolute atomic E-state index is 12.4. The van der Waals surface area contributed by atoms with Crippen LogP contribution in [0.4, 0.5) is 4.79 Å². The molecule has 0 unspecified atom stereocenters. The van der Waals surface area contributed by atoms with E-state index in [1.807, 2.05) is 30.3 Å². The van der Waals surface area contributed by atoms with E-state index in [1.165, 1.54) is 0 Å². The number of hydrogen-bond acceptors (Lipinski definition) is 5. The van der Waals surface area contributed by atoms with Gasteiger partial charge in [0, 0.05) is 12.0 Å². The normalized spacial score (nSPS) is 12.0. The molecule has 1 amide bonds. The number of ether oxygens (including phenoxy) is 2. The van der Waals surface area contributed by atoms with Gasteiger partial charge in [-0.05, 0) is 57.0 Å². The number of aliphatic carboxylic acids is 1. The molecule has 0 saturated heterocycles. The van der Waals surface area contributed by atoms with Gasteiger partial charge in [-0.3, -0.25) is 4.79 Å². The fourth-order valence-electron chi connectivity index (χ4n) is 2.60. The third kappa shape index (κ3) is 7.95. The van der Waals surface area contributed by atoms with Crippen LogP contribution in [-0.4, -0.2) is 34.6 Å². The van der Waals surface area contributed by atoms with Crippen LogP contribution >= 0.6 is 0 Å². The molecule has 30 heavy (non-hydrogen) atoms. The number of hydrogen-bond donors (Lipinski definition) is 2. The SMILES string of the molecule is CC(C)(C)OC(=O)N[C@H](CCC(=O)c1ccc(OCc2ccccc2)cc1)C(=O)O. The van der Waals surface area contributed by atoms with E-state index in [1.54, 1.807) is 45.0 Å². The van der Waals surface area contributed by atoms with Crippen molar-refractivity contribution >= 4 is 17.8 Å². The van der Waals surface area contributed by atoms with Gasteiger partial charge in [0.15, 0.2) is 5.78 Å². The van der Waals surface area contributed by atoms with Crippen molar-refractivity contribution in [3.8, 4) is 5.75 Å². The number of carboxylic acids is 1. The standard InChI is InChI=1S/C23H27NO6/c1-23(2,3)30-22(28)24-19(21(26)27)13-14-20(25)17-9-11-18(12-10-17)29-15-16-7-5-4-6-8-16/h4-12,19H,13-15H2,1-3H3,(H,24,28)(H,26,27)/t19-/m1/s1. The lowest BCUT2D eigenvalue weighted by Crippen LogP contribution is -2.43. The zero-order valence-corrected chi connectivity index (χ0v) is 17.4. The van der Waals surface area contributed by atoms with Gasteiger partial charge in [0.25, 0.3) is 0 Å². The van der Waals surface area contributed by atoms with Crippen LogP contribution in [0.2, 0.25) is 0 Å². The Hall–Kier alpha value is -3.35. The number of ketones is 1. The van der Waals surface area contributed by atoms with E-state index in [0.717, 1.165) is 5.56 Å². The maximum atomic E-state index is 12.4. The number of nitrogens with one attached hydrogen (secondary N) is 1. The second-order valence-corrected chi connectivity index (χ2v) is 7.80. The number of alkyl carbamates (subject to hydrolysis) is 1. The van der Waals surface area contributed by atoms with Gasteiger partial charge >= 0.3 is 12.1 Å². The molecule has 0 bridgehead atoms. The molecule has 0 radical (unpaired) electrons. The number of Topliss-reactive ketones (excluding diaryl/α,β-unsaturated/α-hetero) is 1. The molecule has 0 aliphatic carbocycles. The third-order valence-electron chi connectivity index (χ3n) is 4.07. The summed E-state index contributed by atoms with van der Waals surface area (Å²) in [7, 11) is 0. The van der Waals surface area contributed by atoms with Crippen molar-refractivity contribution < 1.29 is 29.0 Å². The van der Waals surface area contributed by atoms with Crippen molar-refractivity contribution in [3.05, 3.63) is 65.7 Å². The van der Waals surface area contributed by atoms with E-state index in [0.29, 0.717) is 17.9 Å². The average molecular weight is 413 g/mol. The minimum absolute atomic E-state index is 0.0308. The molecule has 0 aliphatic heterocycles. The highest BCUT2D eigenvalue weighted by Gasteiger charge is 2.24. The second kappa shape index (κ2) is 10.4. The van der Waals surface area contributed by atoms with Gasteiger partial charge in [-0.1, -0.05) is 30.3 Å². The van der Waals surface area contributed by atoms with Gasteiger partial charge in [-0.15, -0.1) is 0 Å². The van der Waals surface area contributed by atoms with Crippen LogP contribution < -0.4 is 10.1 Å². The molecule has 2 N–H and O–H groups in total. The molecule has 0 saturated carbocycles. The third-order valence-corrected chi connectivity index (χ3v) is 4.07. The molecular weight excluding hydrogens is 386 g/mol. The van der Waals surface area contributed by atoms with Crippen molar-refractivity contribution in [1.82, 2.24) is 5.32 Å². The topological polar surface area (TPSA) is 102 Å². The zero-order valence-electron chi connectivity index (χ0n) is 17.4. The van der Waals surface area contributed by atoms with Crippen molar-refractivity contribution in [2.24, 2.45) is 0 Å². The molecule has 0 aliphatic rings. The molecule has 0 heterocycles. The summed E-state index contributed by atoms with van der Waals surface area (Å²) in [6.45, 7) is 5.46. The molecule has 0 fully saturated rings. The first-order chi connectivity index (χ1) is 14.1. The molecule has 7 nitrogen and oxygen atoms in total. The minimum Gasteiger partial charge on any atom is -0.489 e. The van der Waals surface area contributed by atoms with E-state index in [4.69, 9.17) is 9.47 Å². The first-order valence-electron chi connectivity index (χ1n) is 9.66. The van der Waals surface area contributed by atoms with Gasteiger partial charge < -0.3 is 19.9 Å². The summed E-state index contributed by atoms with van der Waals surface area (Å²) >= 11 is 0. The number of benzene rings is 2. The maximum Gasteiger partial charge on any atom is 0.408 e. The number of rotatable bonds is 9. The lowest BCUT2D eigenvalue weighted by atomic mass is 10.0.